The third kappa shape index (κ3) is 6.11. The zero-order valence-corrected chi connectivity index (χ0v) is 17.8. The van der Waals surface area contributed by atoms with Crippen LogP contribution in [0.5, 0.6) is 0 Å². The second-order valence-electron chi connectivity index (χ2n) is 7.24. The highest BCUT2D eigenvalue weighted by molar-refractivity contribution is 6.36. The van der Waals surface area contributed by atoms with Gasteiger partial charge in [-0.15, -0.1) is 0 Å². The number of halogens is 2. The molecule has 1 unspecified atom stereocenters. The number of benzene rings is 1. The van der Waals surface area contributed by atoms with Gasteiger partial charge >= 0.3 is 0 Å². The minimum absolute atomic E-state index is 0.0425. The molecular weight excluding hydrogens is 383 g/mol. The van der Waals surface area contributed by atoms with Crippen LogP contribution in [0.3, 0.4) is 0 Å². The summed E-state index contributed by atoms with van der Waals surface area (Å²) >= 11 is 12.6. The predicted molar refractivity (Wildman–Crippen MR) is 111 cm³/mol. The normalized spacial score (nSPS) is 16.0. The monoisotopic (exact) mass is 412 g/mol. The van der Waals surface area contributed by atoms with Gasteiger partial charge in [-0.2, -0.15) is 0 Å². The Morgan fingerprint density at radius 3 is 2.33 bits per heavy atom. The molecule has 27 heavy (non-hydrogen) atoms. The van der Waals surface area contributed by atoms with Crippen LogP contribution < -0.4 is 5.32 Å². The van der Waals surface area contributed by atoms with Crippen molar-refractivity contribution in [3.63, 3.8) is 0 Å². The van der Waals surface area contributed by atoms with Crippen molar-refractivity contribution < 1.29 is 9.59 Å². The van der Waals surface area contributed by atoms with E-state index in [0.717, 1.165) is 32.1 Å². The van der Waals surface area contributed by atoms with E-state index in [1.807, 2.05) is 13.8 Å². The predicted octanol–water partition coefficient (Wildman–Crippen LogP) is 5.35. The summed E-state index contributed by atoms with van der Waals surface area (Å²) in [5, 5.41) is 4.19. The minimum atomic E-state index is -0.515. The Morgan fingerprint density at radius 1 is 1.15 bits per heavy atom. The second-order valence-corrected chi connectivity index (χ2v) is 8.05. The van der Waals surface area contributed by atoms with Gasteiger partial charge in [0, 0.05) is 34.6 Å². The molecule has 1 saturated carbocycles. The lowest BCUT2D eigenvalue weighted by atomic mass is 9.95. The van der Waals surface area contributed by atoms with Gasteiger partial charge in [0.05, 0.1) is 0 Å². The molecule has 0 radical (unpaired) electrons. The van der Waals surface area contributed by atoms with E-state index in [4.69, 9.17) is 23.2 Å². The van der Waals surface area contributed by atoms with Gasteiger partial charge < -0.3 is 10.2 Å². The molecule has 2 amide bonds. The first-order valence-electron chi connectivity index (χ1n) is 10.0. The molecule has 2 rings (SSSR count). The minimum Gasteiger partial charge on any atom is -0.352 e. The highest BCUT2D eigenvalue weighted by Gasteiger charge is 2.30. The third-order valence-electron chi connectivity index (χ3n) is 5.19. The molecule has 0 aromatic heterocycles. The van der Waals surface area contributed by atoms with Gasteiger partial charge in [0.15, 0.2) is 0 Å². The maximum absolute atomic E-state index is 13.0. The number of nitrogens with one attached hydrogen (secondary N) is 1. The van der Waals surface area contributed by atoms with Crippen LogP contribution in [-0.2, 0) is 16.1 Å². The molecule has 1 aromatic rings. The van der Waals surface area contributed by atoms with Crippen molar-refractivity contribution in [2.75, 3.05) is 0 Å². The highest BCUT2D eigenvalue weighted by atomic mass is 35.5. The highest BCUT2D eigenvalue weighted by Crippen LogP contribution is 2.27. The van der Waals surface area contributed by atoms with Crippen LogP contribution >= 0.6 is 23.2 Å². The number of hydrogen-bond donors (Lipinski definition) is 1. The topological polar surface area (TPSA) is 49.4 Å². The van der Waals surface area contributed by atoms with Gasteiger partial charge in [-0.05, 0) is 37.8 Å². The van der Waals surface area contributed by atoms with E-state index in [-0.39, 0.29) is 24.4 Å². The lowest BCUT2D eigenvalue weighted by molar-refractivity contribution is -0.141. The van der Waals surface area contributed by atoms with Crippen molar-refractivity contribution in [3.05, 3.63) is 33.8 Å². The summed E-state index contributed by atoms with van der Waals surface area (Å²) in [5.41, 5.74) is 0.689. The van der Waals surface area contributed by atoms with E-state index in [0.29, 0.717) is 28.5 Å². The zero-order valence-electron chi connectivity index (χ0n) is 16.3. The first-order chi connectivity index (χ1) is 13.0. The summed E-state index contributed by atoms with van der Waals surface area (Å²) in [6, 6.07) is 4.99. The number of carbonyl (C=O) groups is 2. The van der Waals surface area contributed by atoms with Crippen LogP contribution in [0.1, 0.15) is 70.8 Å². The average molecular weight is 413 g/mol. The molecule has 1 atom stereocenters. The van der Waals surface area contributed by atoms with E-state index in [2.05, 4.69) is 5.32 Å². The number of amides is 2. The first kappa shape index (κ1) is 22.0. The molecule has 1 aromatic carbocycles. The van der Waals surface area contributed by atoms with E-state index in [1.54, 1.807) is 23.1 Å². The third-order valence-corrected chi connectivity index (χ3v) is 5.90. The van der Waals surface area contributed by atoms with Gasteiger partial charge in [0.25, 0.3) is 0 Å². The van der Waals surface area contributed by atoms with Crippen LogP contribution in [0, 0.1) is 0 Å². The molecule has 0 aliphatic heterocycles. The molecule has 6 heteroatoms. The van der Waals surface area contributed by atoms with Gasteiger partial charge in [0.2, 0.25) is 11.8 Å². The lowest BCUT2D eigenvalue weighted by Crippen LogP contribution is -2.51. The van der Waals surface area contributed by atoms with Crippen LogP contribution in [0.25, 0.3) is 0 Å². The maximum atomic E-state index is 13.0. The summed E-state index contributed by atoms with van der Waals surface area (Å²) < 4.78 is 0. The van der Waals surface area contributed by atoms with E-state index in [1.165, 1.54) is 6.42 Å². The Kier molecular flexibility index (Phi) is 8.91. The van der Waals surface area contributed by atoms with E-state index in [9.17, 15) is 9.59 Å². The van der Waals surface area contributed by atoms with Gasteiger partial charge in [-0.25, -0.2) is 0 Å². The fraction of sp³-hybridized carbons (Fsp3) is 0.619. The summed E-state index contributed by atoms with van der Waals surface area (Å²) in [6.07, 6.45) is 7.24. The summed E-state index contributed by atoms with van der Waals surface area (Å²) in [7, 11) is 0. The molecule has 1 aliphatic carbocycles. The first-order valence-corrected chi connectivity index (χ1v) is 10.8. The molecule has 0 heterocycles. The molecule has 0 bridgehead atoms. The molecule has 1 aliphatic rings. The van der Waals surface area contributed by atoms with Crippen molar-refractivity contribution >= 4 is 35.0 Å². The van der Waals surface area contributed by atoms with Gasteiger partial charge in [-0.1, -0.05) is 62.4 Å². The standard InChI is InChI=1S/C21H30Cl2N2O2/c1-3-9-20(26)25(14-16-17(22)12-8-13-18(16)23)19(4-2)21(27)24-15-10-6-5-7-11-15/h8,12-13,15,19H,3-7,9-11,14H2,1-2H3,(H,24,27). The SMILES string of the molecule is CCCC(=O)N(Cc1c(Cl)cccc1Cl)C(CC)C(=O)NC1CCCCC1. The fourth-order valence-electron chi connectivity index (χ4n) is 3.68. The molecule has 0 saturated heterocycles. The van der Waals surface area contributed by atoms with E-state index < -0.39 is 6.04 Å². The van der Waals surface area contributed by atoms with Crippen LogP contribution in [0.4, 0.5) is 0 Å². The van der Waals surface area contributed by atoms with Crippen LogP contribution in [0.15, 0.2) is 18.2 Å². The largest absolute Gasteiger partial charge is 0.352 e. The maximum Gasteiger partial charge on any atom is 0.243 e. The molecule has 0 spiro atoms. The van der Waals surface area contributed by atoms with Crippen LogP contribution in [-0.4, -0.2) is 28.8 Å². The van der Waals surface area contributed by atoms with E-state index >= 15 is 0 Å². The van der Waals surface area contributed by atoms with Crippen LogP contribution in [0.2, 0.25) is 10.0 Å². The van der Waals surface area contributed by atoms with Crippen molar-refractivity contribution in [3.8, 4) is 0 Å². The van der Waals surface area contributed by atoms with Crippen molar-refractivity contribution in [2.24, 2.45) is 0 Å². The number of rotatable bonds is 8. The van der Waals surface area contributed by atoms with Gasteiger partial charge in [0.1, 0.15) is 6.04 Å². The Bertz CT molecular complexity index is 625. The Morgan fingerprint density at radius 2 is 1.78 bits per heavy atom. The molecular formula is C21H30Cl2N2O2. The number of carbonyl (C=O) groups excluding carboxylic acids is 2. The molecule has 1 N–H and O–H groups in total. The lowest BCUT2D eigenvalue weighted by Gasteiger charge is -2.33. The molecule has 150 valence electrons. The summed E-state index contributed by atoms with van der Waals surface area (Å²) in [4.78, 5) is 27.5. The van der Waals surface area contributed by atoms with Crippen molar-refractivity contribution in [1.29, 1.82) is 0 Å². The van der Waals surface area contributed by atoms with Crippen molar-refractivity contribution in [2.45, 2.75) is 83.8 Å². The van der Waals surface area contributed by atoms with Crippen molar-refractivity contribution in [1.82, 2.24) is 10.2 Å². The molecule has 1 fully saturated rings. The number of nitrogens with zero attached hydrogens (tertiary/aromatic N) is 1. The average Bonchev–Trinajstić information content (AvgIpc) is 2.65. The molecule has 4 nitrogen and oxygen atoms in total. The van der Waals surface area contributed by atoms with Gasteiger partial charge in [-0.3, -0.25) is 9.59 Å². The Hall–Kier alpha value is -1.26. The second kappa shape index (κ2) is 10.9. The quantitative estimate of drug-likeness (QED) is 0.625. The Labute approximate surface area is 172 Å². The zero-order chi connectivity index (χ0) is 19.8. The smallest absolute Gasteiger partial charge is 0.243 e. The number of hydrogen-bond acceptors (Lipinski definition) is 2. The summed E-state index contributed by atoms with van der Waals surface area (Å²) in [5.74, 6) is -0.115. The fourth-order valence-corrected chi connectivity index (χ4v) is 4.19. The summed E-state index contributed by atoms with van der Waals surface area (Å²) in [6.45, 7) is 4.14. The Balaban J connectivity index is 2.21.